The summed E-state index contributed by atoms with van der Waals surface area (Å²) in [6, 6.07) is 9.92. The second-order valence-corrected chi connectivity index (χ2v) is 3.31. The van der Waals surface area contributed by atoms with Crippen LogP contribution in [-0.2, 0) is 4.74 Å². The topological polar surface area (TPSA) is 50.8 Å². The van der Waals surface area contributed by atoms with Crippen LogP contribution in [0.1, 0.15) is 23.3 Å². The van der Waals surface area contributed by atoms with Gasteiger partial charge < -0.3 is 4.74 Å². The Bertz CT molecular complexity index is 424. The van der Waals surface area contributed by atoms with Crippen LogP contribution >= 0.6 is 0 Å². The van der Waals surface area contributed by atoms with E-state index in [-0.39, 0.29) is 6.10 Å². The summed E-state index contributed by atoms with van der Waals surface area (Å²) >= 11 is 0. The zero-order valence-corrected chi connectivity index (χ0v) is 8.77. The fourth-order valence-corrected chi connectivity index (χ4v) is 1.50. The van der Waals surface area contributed by atoms with E-state index in [1.807, 2.05) is 37.3 Å². The zero-order valence-electron chi connectivity index (χ0n) is 8.77. The third-order valence-corrected chi connectivity index (χ3v) is 2.19. The van der Waals surface area contributed by atoms with Gasteiger partial charge in [0.2, 0.25) is 0 Å². The molecule has 0 aliphatic carbocycles. The maximum Gasteiger partial charge on any atom is 0.183 e. The van der Waals surface area contributed by atoms with Crippen LogP contribution in [0.4, 0.5) is 0 Å². The maximum atomic E-state index is 5.39. The minimum Gasteiger partial charge on any atom is -0.369 e. The Kier molecular flexibility index (Phi) is 2.78. The number of benzene rings is 1. The van der Waals surface area contributed by atoms with E-state index < -0.39 is 0 Å². The lowest BCUT2D eigenvalue weighted by molar-refractivity contribution is 0.129. The van der Waals surface area contributed by atoms with Crippen molar-refractivity contribution >= 4 is 0 Å². The monoisotopic (exact) mass is 203 g/mol. The molecule has 0 saturated heterocycles. The second kappa shape index (κ2) is 4.23. The van der Waals surface area contributed by atoms with E-state index in [4.69, 9.17) is 4.74 Å². The van der Waals surface area contributed by atoms with Gasteiger partial charge in [0, 0.05) is 7.11 Å². The van der Waals surface area contributed by atoms with Crippen molar-refractivity contribution in [2.24, 2.45) is 0 Å². The van der Waals surface area contributed by atoms with Crippen molar-refractivity contribution in [3.8, 4) is 0 Å². The summed E-state index contributed by atoms with van der Waals surface area (Å²) < 4.78 is 5.39. The highest BCUT2D eigenvalue weighted by Gasteiger charge is 2.16. The molecular weight excluding hydrogens is 190 g/mol. The number of aromatic nitrogens is 3. The number of nitrogens with one attached hydrogen (secondary N) is 1. The molecule has 1 aromatic carbocycles. The largest absolute Gasteiger partial charge is 0.369 e. The van der Waals surface area contributed by atoms with Crippen molar-refractivity contribution < 1.29 is 4.74 Å². The van der Waals surface area contributed by atoms with Gasteiger partial charge >= 0.3 is 0 Å². The van der Waals surface area contributed by atoms with E-state index in [1.165, 1.54) is 0 Å². The Labute approximate surface area is 88.3 Å². The number of methoxy groups -OCH3 is 1. The molecule has 0 amide bonds. The lowest BCUT2D eigenvalue weighted by atomic mass is 10.1. The SMILES string of the molecule is COC(c1ccccc1)c1n[nH]c(C)n1. The van der Waals surface area contributed by atoms with E-state index >= 15 is 0 Å². The lowest BCUT2D eigenvalue weighted by Crippen LogP contribution is -2.05. The summed E-state index contributed by atoms with van der Waals surface area (Å²) in [7, 11) is 1.66. The number of nitrogens with zero attached hydrogens (tertiary/aromatic N) is 2. The summed E-state index contributed by atoms with van der Waals surface area (Å²) in [5.41, 5.74) is 1.05. The van der Waals surface area contributed by atoms with Crippen LogP contribution in [0.2, 0.25) is 0 Å². The molecule has 1 aromatic heterocycles. The average molecular weight is 203 g/mol. The molecule has 0 bridgehead atoms. The Balaban J connectivity index is 2.33. The molecule has 15 heavy (non-hydrogen) atoms. The fraction of sp³-hybridized carbons (Fsp3) is 0.273. The van der Waals surface area contributed by atoms with Gasteiger partial charge in [0.05, 0.1) is 0 Å². The lowest BCUT2D eigenvalue weighted by Gasteiger charge is -2.11. The van der Waals surface area contributed by atoms with E-state index in [0.717, 1.165) is 11.4 Å². The van der Waals surface area contributed by atoms with Crippen molar-refractivity contribution in [1.29, 1.82) is 0 Å². The van der Waals surface area contributed by atoms with Crippen LogP contribution in [0.15, 0.2) is 30.3 Å². The Hall–Kier alpha value is -1.68. The number of hydrogen-bond donors (Lipinski definition) is 1. The summed E-state index contributed by atoms with van der Waals surface area (Å²) in [6.07, 6.45) is -0.198. The number of H-pyrrole nitrogens is 1. The summed E-state index contributed by atoms with van der Waals surface area (Å²) in [4.78, 5) is 4.27. The molecule has 2 rings (SSSR count). The van der Waals surface area contributed by atoms with Crippen LogP contribution in [-0.4, -0.2) is 22.3 Å². The molecule has 1 unspecified atom stereocenters. The van der Waals surface area contributed by atoms with Crippen LogP contribution in [0, 0.1) is 6.92 Å². The van der Waals surface area contributed by atoms with Gasteiger partial charge in [-0.05, 0) is 12.5 Å². The molecule has 0 aliphatic heterocycles. The van der Waals surface area contributed by atoms with Gasteiger partial charge in [-0.25, -0.2) is 4.98 Å². The molecule has 4 heteroatoms. The van der Waals surface area contributed by atoms with Crippen LogP contribution < -0.4 is 0 Å². The van der Waals surface area contributed by atoms with Crippen LogP contribution in [0.5, 0.6) is 0 Å². The van der Waals surface area contributed by atoms with Crippen molar-refractivity contribution in [3.05, 3.63) is 47.5 Å². The van der Waals surface area contributed by atoms with Gasteiger partial charge in [0.1, 0.15) is 11.9 Å². The van der Waals surface area contributed by atoms with Gasteiger partial charge in [-0.1, -0.05) is 30.3 Å². The third kappa shape index (κ3) is 2.05. The zero-order chi connectivity index (χ0) is 10.7. The molecular formula is C11H13N3O. The van der Waals surface area contributed by atoms with E-state index in [0.29, 0.717) is 5.82 Å². The normalized spacial score (nSPS) is 12.7. The molecule has 0 spiro atoms. The van der Waals surface area contributed by atoms with Gasteiger partial charge in [0.25, 0.3) is 0 Å². The smallest absolute Gasteiger partial charge is 0.183 e. The molecule has 0 radical (unpaired) electrons. The van der Waals surface area contributed by atoms with Crippen LogP contribution in [0.3, 0.4) is 0 Å². The minimum atomic E-state index is -0.198. The summed E-state index contributed by atoms with van der Waals surface area (Å²) in [6.45, 7) is 1.87. The summed E-state index contributed by atoms with van der Waals surface area (Å²) in [5.74, 6) is 1.46. The van der Waals surface area contributed by atoms with E-state index in [2.05, 4.69) is 15.2 Å². The summed E-state index contributed by atoms with van der Waals surface area (Å²) in [5, 5.41) is 6.91. The van der Waals surface area contributed by atoms with Gasteiger partial charge in [-0.15, -0.1) is 0 Å². The second-order valence-electron chi connectivity index (χ2n) is 3.31. The molecule has 2 aromatic rings. The van der Waals surface area contributed by atoms with Crippen molar-refractivity contribution in [2.75, 3.05) is 7.11 Å². The predicted molar refractivity (Wildman–Crippen MR) is 56.4 cm³/mol. The Morgan fingerprint density at radius 1 is 1.27 bits per heavy atom. The minimum absolute atomic E-state index is 0.198. The first kappa shape index (κ1) is 9.86. The molecule has 78 valence electrons. The predicted octanol–water partition coefficient (Wildman–Crippen LogP) is 1.85. The van der Waals surface area contributed by atoms with E-state index in [9.17, 15) is 0 Å². The average Bonchev–Trinajstić information content (AvgIpc) is 2.68. The maximum absolute atomic E-state index is 5.39. The van der Waals surface area contributed by atoms with E-state index in [1.54, 1.807) is 7.11 Å². The Morgan fingerprint density at radius 2 is 2.00 bits per heavy atom. The molecule has 1 heterocycles. The number of rotatable bonds is 3. The molecule has 0 fully saturated rings. The number of aryl methyl sites for hydroxylation is 1. The number of aromatic amines is 1. The molecule has 1 atom stereocenters. The van der Waals surface area contributed by atoms with Crippen molar-refractivity contribution in [1.82, 2.24) is 15.2 Å². The first-order valence-electron chi connectivity index (χ1n) is 4.78. The number of hydrogen-bond acceptors (Lipinski definition) is 3. The van der Waals surface area contributed by atoms with Gasteiger partial charge in [0.15, 0.2) is 5.82 Å². The standard InChI is InChI=1S/C11H13N3O/c1-8-12-11(14-13-8)10(15-2)9-6-4-3-5-7-9/h3-7,10H,1-2H3,(H,12,13,14). The first-order valence-corrected chi connectivity index (χ1v) is 4.78. The van der Waals surface area contributed by atoms with Crippen LogP contribution in [0.25, 0.3) is 0 Å². The third-order valence-electron chi connectivity index (χ3n) is 2.19. The number of ether oxygens (including phenoxy) is 1. The Morgan fingerprint density at radius 3 is 2.53 bits per heavy atom. The van der Waals surface area contributed by atoms with Crippen molar-refractivity contribution in [3.63, 3.8) is 0 Å². The highest BCUT2D eigenvalue weighted by Crippen LogP contribution is 2.21. The molecule has 4 nitrogen and oxygen atoms in total. The molecule has 1 N–H and O–H groups in total. The quantitative estimate of drug-likeness (QED) is 0.828. The van der Waals surface area contributed by atoms with Crippen molar-refractivity contribution in [2.45, 2.75) is 13.0 Å². The molecule has 0 aliphatic rings. The highest BCUT2D eigenvalue weighted by molar-refractivity contribution is 5.22. The molecule has 0 saturated carbocycles. The first-order chi connectivity index (χ1) is 7.31. The highest BCUT2D eigenvalue weighted by atomic mass is 16.5. The van der Waals surface area contributed by atoms with Gasteiger partial charge in [-0.3, -0.25) is 5.10 Å². The fourth-order valence-electron chi connectivity index (χ4n) is 1.50. The van der Waals surface area contributed by atoms with Gasteiger partial charge in [-0.2, -0.15) is 5.10 Å².